The maximum absolute atomic E-state index is 2.25. The van der Waals surface area contributed by atoms with E-state index in [1.165, 1.54) is 17.1 Å². The van der Waals surface area contributed by atoms with Crippen LogP contribution in [-0.2, 0) is 0 Å². The first-order valence-electron chi connectivity index (χ1n) is 6.40. The molecule has 0 aliphatic heterocycles. The molecule has 0 unspecified atom stereocenters. The van der Waals surface area contributed by atoms with Crippen LogP contribution in [0.4, 0.5) is 17.1 Å². The van der Waals surface area contributed by atoms with Gasteiger partial charge in [0.05, 0.1) is 0 Å². The van der Waals surface area contributed by atoms with Crippen molar-refractivity contribution in [3.8, 4) is 0 Å². The predicted octanol–water partition coefficient (Wildman–Crippen LogP) is 5.32. The molecule has 2 heteroatoms. The Morgan fingerprint density at radius 1 is 0.400 bits per heavy atom. The van der Waals surface area contributed by atoms with Gasteiger partial charge in [0.1, 0.15) is 0 Å². The molecule has 0 aliphatic carbocycles. The molecule has 2 nitrogen and oxygen atoms in total. The van der Waals surface area contributed by atoms with Crippen molar-refractivity contribution in [3.63, 3.8) is 0 Å². The minimum Gasteiger partial charge on any atom is -0.344 e. The van der Waals surface area contributed by atoms with Crippen molar-refractivity contribution in [2.75, 3.05) is 4.90 Å². The largest absolute Gasteiger partial charge is 0.344 e. The highest BCUT2D eigenvalue weighted by Gasteiger charge is 2.10. The van der Waals surface area contributed by atoms with Crippen LogP contribution >= 0.6 is 0 Å². The summed E-state index contributed by atoms with van der Waals surface area (Å²) in [5, 5.41) is 0. The van der Waals surface area contributed by atoms with Crippen LogP contribution < -0.4 is 11.1 Å². The molecule has 0 aromatic heterocycles. The predicted molar refractivity (Wildman–Crippen MR) is 86.1 cm³/mol. The first-order valence-corrected chi connectivity index (χ1v) is 6.40. The summed E-state index contributed by atoms with van der Waals surface area (Å²) in [5.74, 6) is 0. The summed E-state index contributed by atoms with van der Waals surface area (Å²) in [4.78, 5) is 2.25. The summed E-state index contributed by atoms with van der Waals surface area (Å²) in [5.41, 5.74) is 3.50. The topological polar surface area (TPSA) is 38.2 Å². The molecule has 0 amide bonds. The second kappa shape index (κ2) is 6.55. The summed E-state index contributed by atoms with van der Waals surface area (Å²) in [6.07, 6.45) is 0. The zero-order chi connectivity index (χ0) is 12.9. The molecule has 3 aromatic rings. The molecule has 0 aliphatic rings. The quantitative estimate of drug-likeness (QED) is 0.693. The van der Waals surface area contributed by atoms with Crippen LogP contribution in [0.25, 0.3) is 0 Å². The molecule has 20 heavy (non-hydrogen) atoms. The Morgan fingerprint density at radius 2 is 0.650 bits per heavy atom. The van der Waals surface area contributed by atoms with Gasteiger partial charge in [0.15, 0.2) is 0 Å². The van der Waals surface area contributed by atoms with Gasteiger partial charge >= 0.3 is 0 Å². The highest BCUT2D eigenvalue weighted by atomic mass is 15.1. The molecule has 0 radical (unpaired) electrons. The molecule has 0 fully saturated rings. The molecule has 0 atom stereocenters. The zero-order valence-electron chi connectivity index (χ0n) is 11.3. The molecular weight excluding hydrogens is 244 g/mol. The van der Waals surface area contributed by atoms with E-state index in [1.807, 2.05) is 18.2 Å². The number of nitrogens with zero attached hydrogens (tertiary/aromatic N) is 1. The summed E-state index contributed by atoms with van der Waals surface area (Å²) < 4.78 is 0. The van der Waals surface area contributed by atoms with Gasteiger partial charge < -0.3 is 11.1 Å². The van der Waals surface area contributed by atoms with Crippen molar-refractivity contribution < 1.29 is 0 Å². The van der Waals surface area contributed by atoms with E-state index in [9.17, 15) is 0 Å². The second-order valence-electron chi connectivity index (χ2n) is 4.34. The maximum atomic E-state index is 2.25. The van der Waals surface area contributed by atoms with Gasteiger partial charge in [-0.2, -0.15) is 0 Å². The smallest absolute Gasteiger partial charge is 0.0461 e. The molecule has 3 aromatic carbocycles. The Balaban J connectivity index is 0.00000147. The highest BCUT2D eigenvalue weighted by Crippen LogP contribution is 2.33. The van der Waals surface area contributed by atoms with E-state index in [2.05, 4.69) is 77.7 Å². The summed E-state index contributed by atoms with van der Waals surface area (Å²) in [6.45, 7) is 0. The molecule has 0 saturated carbocycles. The van der Waals surface area contributed by atoms with E-state index in [1.54, 1.807) is 0 Å². The number of hydrogen-bond donors (Lipinski definition) is 1. The van der Waals surface area contributed by atoms with Crippen LogP contribution in [0.2, 0.25) is 0 Å². The van der Waals surface area contributed by atoms with Crippen molar-refractivity contribution in [1.29, 1.82) is 0 Å². The normalized spacial score (nSPS) is 9.60. The Labute approximate surface area is 119 Å². The van der Waals surface area contributed by atoms with E-state index < -0.39 is 0 Å². The molecule has 3 rings (SSSR count). The van der Waals surface area contributed by atoms with Gasteiger partial charge in [0.2, 0.25) is 0 Å². The third kappa shape index (κ3) is 2.87. The fourth-order valence-corrected chi connectivity index (χ4v) is 2.18. The first kappa shape index (κ1) is 13.8. The third-order valence-corrected chi connectivity index (χ3v) is 3.04. The fraction of sp³-hybridized carbons (Fsp3) is 0. The SMILES string of the molecule is N.c1ccc(N(c2ccccc2)c2ccccc2)cc1. The number of hydrogen-bond acceptors (Lipinski definition) is 2. The van der Waals surface area contributed by atoms with Crippen molar-refractivity contribution in [2.45, 2.75) is 0 Å². The van der Waals surface area contributed by atoms with Gasteiger partial charge in [0.25, 0.3) is 0 Å². The van der Waals surface area contributed by atoms with Crippen LogP contribution in [0.5, 0.6) is 0 Å². The zero-order valence-corrected chi connectivity index (χ0v) is 11.3. The standard InChI is InChI=1S/C18H15N.H3N/c1-4-10-16(11-5-1)19(17-12-6-2-7-13-17)18-14-8-3-9-15-18;/h1-15H;1H3. The molecular formula is C18H18N2. The van der Waals surface area contributed by atoms with E-state index in [0.29, 0.717) is 0 Å². The minimum atomic E-state index is 0. The average Bonchev–Trinajstić information content (AvgIpc) is 2.51. The van der Waals surface area contributed by atoms with Crippen molar-refractivity contribution in [2.24, 2.45) is 0 Å². The Kier molecular flexibility index (Phi) is 4.53. The lowest BCUT2D eigenvalue weighted by Crippen LogP contribution is -2.09. The Bertz CT molecular complexity index is 527. The van der Waals surface area contributed by atoms with Crippen LogP contribution in [0.1, 0.15) is 0 Å². The van der Waals surface area contributed by atoms with Gasteiger partial charge in [-0.15, -0.1) is 0 Å². The van der Waals surface area contributed by atoms with Crippen LogP contribution in [0.15, 0.2) is 91.0 Å². The number of anilines is 3. The van der Waals surface area contributed by atoms with E-state index in [4.69, 9.17) is 0 Å². The monoisotopic (exact) mass is 262 g/mol. The van der Waals surface area contributed by atoms with Gasteiger partial charge in [-0.05, 0) is 36.4 Å². The van der Waals surface area contributed by atoms with Gasteiger partial charge in [-0.1, -0.05) is 54.6 Å². The van der Waals surface area contributed by atoms with Gasteiger partial charge in [-0.3, -0.25) is 0 Å². The van der Waals surface area contributed by atoms with Gasteiger partial charge in [0, 0.05) is 17.1 Å². The second-order valence-corrected chi connectivity index (χ2v) is 4.34. The maximum Gasteiger partial charge on any atom is 0.0461 e. The molecule has 100 valence electrons. The van der Waals surface area contributed by atoms with Crippen LogP contribution in [-0.4, -0.2) is 0 Å². The van der Waals surface area contributed by atoms with Crippen molar-refractivity contribution in [1.82, 2.24) is 6.15 Å². The van der Waals surface area contributed by atoms with E-state index in [0.717, 1.165) is 0 Å². The number of rotatable bonds is 3. The van der Waals surface area contributed by atoms with E-state index in [-0.39, 0.29) is 6.15 Å². The lowest BCUT2D eigenvalue weighted by atomic mass is 10.2. The highest BCUT2D eigenvalue weighted by molar-refractivity contribution is 5.76. The lowest BCUT2D eigenvalue weighted by Gasteiger charge is -2.25. The Morgan fingerprint density at radius 3 is 0.900 bits per heavy atom. The first-order chi connectivity index (χ1) is 9.45. The van der Waals surface area contributed by atoms with Crippen molar-refractivity contribution >= 4 is 17.1 Å². The van der Waals surface area contributed by atoms with Gasteiger partial charge in [-0.25, -0.2) is 0 Å². The summed E-state index contributed by atoms with van der Waals surface area (Å²) in [6, 6.07) is 31.3. The summed E-state index contributed by atoms with van der Waals surface area (Å²) >= 11 is 0. The number of benzene rings is 3. The van der Waals surface area contributed by atoms with Crippen LogP contribution in [0, 0.1) is 0 Å². The molecule has 0 bridgehead atoms. The molecule has 0 saturated heterocycles. The van der Waals surface area contributed by atoms with Crippen molar-refractivity contribution in [3.05, 3.63) is 91.0 Å². The summed E-state index contributed by atoms with van der Waals surface area (Å²) in [7, 11) is 0. The molecule has 0 heterocycles. The lowest BCUT2D eigenvalue weighted by molar-refractivity contribution is 1.28. The fourth-order valence-electron chi connectivity index (χ4n) is 2.18. The third-order valence-electron chi connectivity index (χ3n) is 3.04. The minimum absolute atomic E-state index is 0. The van der Waals surface area contributed by atoms with Crippen LogP contribution in [0.3, 0.4) is 0 Å². The molecule has 0 spiro atoms. The average molecular weight is 262 g/mol. The Hall–Kier alpha value is -2.58. The number of para-hydroxylation sites is 3. The molecule has 3 N–H and O–H groups in total. The van der Waals surface area contributed by atoms with E-state index >= 15 is 0 Å².